The molecule has 1 aromatic heterocycles. The first-order valence-corrected chi connectivity index (χ1v) is 6.44. The predicted molar refractivity (Wildman–Crippen MR) is 74.3 cm³/mol. The summed E-state index contributed by atoms with van der Waals surface area (Å²) in [5.74, 6) is -0.971. The number of carboxylic acids is 1. The molecule has 0 amide bonds. The van der Waals surface area contributed by atoms with Crippen molar-refractivity contribution in [2.24, 2.45) is 0 Å². The second-order valence-electron chi connectivity index (χ2n) is 3.87. The first-order valence-electron chi connectivity index (χ1n) is 5.56. The molecular weight excluding hydrogens is 248 g/mol. The summed E-state index contributed by atoms with van der Waals surface area (Å²) in [6.07, 6.45) is 0.876. The third-order valence-corrected chi connectivity index (χ3v) is 3.48. The van der Waals surface area contributed by atoms with Gasteiger partial charge < -0.3 is 16.2 Å². The van der Waals surface area contributed by atoms with E-state index in [0.717, 1.165) is 6.42 Å². The van der Waals surface area contributed by atoms with E-state index in [9.17, 15) is 4.79 Å². The van der Waals surface area contributed by atoms with E-state index in [4.69, 9.17) is 10.8 Å². The Kier molecular flexibility index (Phi) is 3.84. The summed E-state index contributed by atoms with van der Waals surface area (Å²) in [6.45, 7) is 0.699. The molecule has 0 atom stereocenters. The summed E-state index contributed by atoms with van der Waals surface area (Å²) in [5, 5.41) is 14.2. The second kappa shape index (κ2) is 5.55. The highest BCUT2D eigenvalue weighted by atomic mass is 32.1. The molecule has 0 saturated heterocycles. The zero-order valence-corrected chi connectivity index (χ0v) is 10.5. The van der Waals surface area contributed by atoms with Crippen LogP contribution in [0.1, 0.15) is 15.2 Å². The largest absolute Gasteiger partial charge is 0.478 e. The Morgan fingerprint density at radius 1 is 1.39 bits per heavy atom. The fourth-order valence-corrected chi connectivity index (χ4v) is 2.38. The fourth-order valence-electron chi connectivity index (χ4n) is 1.67. The average Bonchev–Trinajstić information content (AvgIpc) is 2.84. The van der Waals surface area contributed by atoms with E-state index in [2.05, 4.69) is 11.4 Å². The molecule has 0 spiro atoms. The minimum Gasteiger partial charge on any atom is -0.478 e. The number of nitrogens with two attached hydrogens (primary N) is 1. The zero-order valence-electron chi connectivity index (χ0n) is 9.72. The van der Waals surface area contributed by atoms with Crippen LogP contribution in [0.15, 0.2) is 35.7 Å². The van der Waals surface area contributed by atoms with E-state index in [1.165, 1.54) is 10.9 Å². The molecule has 0 bridgehead atoms. The van der Waals surface area contributed by atoms with Crippen molar-refractivity contribution in [1.29, 1.82) is 0 Å². The average molecular weight is 262 g/mol. The molecule has 0 aliphatic carbocycles. The lowest BCUT2D eigenvalue weighted by atomic mass is 10.1. The normalized spacial score (nSPS) is 10.2. The molecule has 0 fully saturated rings. The number of thiophene rings is 1. The molecule has 0 saturated carbocycles. The summed E-state index contributed by atoms with van der Waals surface area (Å²) in [5.41, 5.74) is 6.85. The molecule has 0 radical (unpaired) electrons. The quantitative estimate of drug-likeness (QED) is 0.724. The fraction of sp³-hybridized carbons (Fsp3) is 0.154. The molecule has 0 aliphatic heterocycles. The van der Waals surface area contributed by atoms with E-state index < -0.39 is 5.97 Å². The molecule has 4 N–H and O–H groups in total. The van der Waals surface area contributed by atoms with Crippen LogP contribution < -0.4 is 11.1 Å². The molecular formula is C13H14N2O2S. The van der Waals surface area contributed by atoms with Crippen LogP contribution in [0, 0.1) is 0 Å². The summed E-state index contributed by atoms with van der Waals surface area (Å²) in [4.78, 5) is 12.3. The maximum atomic E-state index is 11.1. The summed E-state index contributed by atoms with van der Waals surface area (Å²) < 4.78 is 0. The van der Waals surface area contributed by atoms with Gasteiger partial charge in [0.25, 0.3) is 0 Å². The van der Waals surface area contributed by atoms with Gasteiger partial charge >= 0.3 is 5.97 Å². The van der Waals surface area contributed by atoms with Crippen LogP contribution in [0.3, 0.4) is 0 Å². The molecule has 2 rings (SSSR count). The van der Waals surface area contributed by atoms with Gasteiger partial charge in [0, 0.05) is 22.8 Å². The Labute approximate surface area is 109 Å². The number of hydrogen-bond acceptors (Lipinski definition) is 4. The molecule has 94 valence electrons. The van der Waals surface area contributed by atoms with Gasteiger partial charge in [0.2, 0.25) is 0 Å². The van der Waals surface area contributed by atoms with Gasteiger partial charge in [-0.2, -0.15) is 0 Å². The van der Waals surface area contributed by atoms with Gasteiger partial charge in [-0.3, -0.25) is 0 Å². The molecule has 18 heavy (non-hydrogen) atoms. The predicted octanol–water partition coefficient (Wildman–Crippen LogP) is 2.68. The van der Waals surface area contributed by atoms with Gasteiger partial charge in [0.1, 0.15) is 0 Å². The van der Waals surface area contributed by atoms with Gasteiger partial charge in [-0.25, -0.2) is 4.79 Å². The number of aromatic carboxylic acids is 1. The van der Waals surface area contributed by atoms with Crippen LogP contribution in [-0.4, -0.2) is 17.6 Å². The molecule has 1 aromatic carbocycles. The van der Waals surface area contributed by atoms with Gasteiger partial charge in [0.15, 0.2) is 0 Å². The Morgan fingerprint density at radius 3 is 2.89 bits per heavy atom. The first kappa shape index (κ1) is 12.4. The zero-order chi connectivity index (χ0) is 13.0. The van der Waals surface area contributed by atoms with Crippen molar-refractivity contribution >= 4 is 28.7 Å². The van der Waals surface area contributed by atoms with Crippen LogP contribution in [0.4, 0.5) is 11.4 Å². The minimum absolute atomic E-state index is 0.209. The third-order valence-electron chi connectivity index (χ3n) is 2.54. The van der Waals surface area contributed by atoms with Crippen LogP contribution in [0.2, 0.25) is 0 Å². The number of hydrogen-bond donors (Lipinski definition) is 3. The minimum atomic E-state index is -0.971. The number of carbonyl (C=O) groups is 1. The number of anilines is 2. The van der Waals surface area contributed by atoms with Crippen molar-refractivity contribution in [1.82, 2.24) is 0 Å². The summed E-state index contributed by atoms with van der Waals surface area (Å²) in [7, 11) is 0. The van der Waals surface area contributed by atoms with Crippen LogP contribution in [0.5, 0.6) is 0 Å². The van der Waals surface area contributed by atoms with Gasteiger partial charge in [-0.15, -0.1) is 11.3 Å². The van der Waals surface area contributed by atoms with Gasteiger partial charge in [-0.05, 0) is 36.1 Å². The number of benzene rings is 1. The van der Waals surface area contributed by atoms with Crippen molar-refractivity contribution in [2.75, 3.05) is 17.6 Å². The Morgan fingerprint density at radius 2 is 2.22 bits per heavy atom. The van der Waals surface area contributed by atoms with E-state index >= 15 is 0 Å². The topological polar surface area (TPSA) is 75.3 Å². The highest BCUT2D eigenvalue weighted by Gasteiger charge is 2.09. The van der Waals surface area contributed by atoms with Crippen molar-refractivity contribution in [3.05, 3.63) is 46.2 Å². The summed E-state index contributed by atoms with van der Waals surface area (Å²) in [6, 6.07) is 8.93. The van der Waals surface area contributed by atoms with Gasteiger partial charge in [-0.1, -0.05) is 6.07 Å². The smallest absolute Gasteiger partial charge is 0.337 e. The monoisotopic (exact) mass is 262 g/mol. The number of carboxylic acid groups (broad SMARTS) is 1. The number of nitrogens with one attached hydrogen (secondary N) is 1. The molecule has 1 heterocycles. The van der Waals surface area contributed by atoms with Crippen molar-refractivity contribution < 1.29 is 9.90 Å². The summed E-state index contributed by atoms with van der Waals surface area (Å²) >= 11 is 1.69. The Hall–Kier alpha value is -2.01. The lowest BCUT2D eigenvalue weighted by Gasteiger charge is -2.09. The standard InChI is InChI=1S/C13H14N2O2S/c14-9-3-4-12(11(8-9)13(16)17)15-6-5-10-2-1-7-18-10/h1-4,7-8,15H,5-6,14H2,(H,16,17). The molecule has 0 aliphatic rings. The Bertz CT molecular complexity index is 538. The highest BCUT2D eigenvalue weighted by molar-refractivity contribution is 7.09. The molecule has 0 unspecified atom stereocenters. The lowest BCUT2D eigenvalue weighted by Crippen LogP contribution is -2.09. The van der Waals surface area contributed by atoms with E-state index in [-0.39, 0.29) is 5.56 Å². The van der Waals surface area contributed by atoms with Crippen LogP contribution >= 0.6 is 11.3 Å². The molecule has 4 nitrogen and oxygen atoms in total. The number of nitrogen functional groups attached to an aromatic ring is 1. The lowest BCUT2D eigenvalue weighted by molar-refractivity contribution is 0.0698. The first-order chi connectivity index (χ1) is 8.66. The maximum absolute atomic E-state index is 11.1. The van der Waals surface area contributed by atoms with Crippen molar-refractivity contribution in [2.45, 2.75) is 6.42 Å². The SMILES string of the molecule is Nc1ccc(NCCc2cccs2)c(C(=O)O)c1. The second-order valence-corrected chi connectivity index (χ2v) is 4.90. The third kappa shape index (κ3) is 3.01. The van der Waals surface area contributed by atoms with Crippen LogP contribution in [-0.2, 0) is 6.42 Å². The maximum Gasteiger partial charge on any atom is 0.337 e. The van der Waals surface area contributed by atoms with Crippen LogP contribution in [0.25, 0.3) is 0 Å². The van der Waals surface area contributed by atoms with Crippen molar-refractivity contribution in [3.63, 3.8) is 0 Å². The van der Waals surface area contributed by atoms with E-state index in [1.807, 2.05) is 11.4 Å². The highest BCUT2D eigenvalue weighted by Crippen LogP contribution is 2.19. The van der Waals surface area contributed by atoms with Crippen molar-refractivity contribution in [3.8, 4) is 0 Å². The van der Waals surface area contributed by atoms with E-state index in [1.54, 1.807) is 23.5 Å². The molecule has 5 heteroatoms. The van der Waals surface area contributed by atoms with E-state index in [0.29, 0.717) is 17.9 Å². The Balaban J connectivity index is 2.02. The molecule has 2 aromatic rings. The number of rotatable bonds is 5. The van der Waals surface area contributed by atoms with Gasteiger partial charge in [0.05, 0.1) is 5.56 Å².